The number of carbonyl (C=O) groups excluding carboxylic acids is 1. The van der Waals surface area contributed by atoms with E-state index in [1.165, 1.54) is 0 Å². The van der Waals surface area contributed by atoms with Gasteiger partial charge in [-0.15, -0.1) is 0 Å². The summed E-state index contributed by atoms with van der Waals surface area (Å²) >= 11 is 0. The fourth-order valence-corrected chi connectivity index (χ4v) is 2.33. The van der Waals surface area contributed by atoms with E-state index in [9.17, 15) is 4.79 Å². The van der Waals surface area contributed by atoms with Gasteiger partial charge in [0.05, 0.1) is 6.04 Å². The quantitative estimate of drug-likeness (QED) is 0.812. The van der Waals surface area contributed by atoms with Gasteiger partial charge in [-0.1, -0.05) is 42.5 Å². The molecule has 0 saturated carbocycles. The standard InChI is InChI=1S/C17H23NO2/c1-17(2,3)20-16(19)18-13-7-10-15(18)12-11-14-8-5-4-6-9-14/h4-6,8-9,11-12,15H,7,10,13H2,1-3H3/b12-11+. The highest BCUT2D eigenvalue weighted by Gasteiger charge is 2.30. The fourth-order valence-electron chi connectivity index (χ4n) is 2.33. The first kappa shape index (κ1) is 14.6. The second kappa shape index (κ2) is 6.12. The number of nitrogens with zero attached hydrogens (tertiary/aromatic N) is 1. The SMILES string of the molecule is CC(C)(C)OC(=O)N1CCCC1/C=C/c1ccccc1. The molecule has 1 aromatic rings. The summed E-state index contributed by atoms with van der Waals surface area (Å²) in [6.45, 7) is 6.47. The number of hydrogen-bond acceptors (Lipinski definition) is 2. The van der Waals surface area contributed by atoms with E-state index in [-0.39, 0.29) is 12.1 Å². The van der Waals surface area contributed by atoms with Crippen molar-refractivity contribution in [3.8, 4) is 0 Å². The molecule has 1 heterocycles. The van der Waals surface area contributed by atoms with Crippen molar-refractivity contribution in [2.24, 2.45) is 0 Å². The highest BCUT2D eigenvalue weighted by molar-refractivity contribution is 5.69. The maximum Gasteiger partial charge on any atom is 0.410 e. The molecule has 108 valence electrons. The average Bonchev–Trinajstić information content (AvgIpc) is 2.84. The zero-order valence-electron chi connectivity index (χ0n) is 12.5. The lowest BCUT2D eigenvalue weighted by Crippen LogP contribution is -2.39. The smallest absolute Gasteiger partial charge is 0.410 e. The fraction of sp³-hybridized carbons (Fsp3) is 0.471. The molecule has 0 aromatic heterocycles. The number of amides is 1. The molecule has 1 aliphatic heterocycles. The van der Waals surface area contributed by atoms with Gasteiger partial charge in [0.1, 0.15) is 5.60 Å². The minimum Gasteiger partial charge on any atom is -0.444 e. The van der Waals surface area contributed by atoms with Crippen molar-refractivity contribution in [3.05, 3.63) is 42.0 Å². The van der Waals surface area contributed by atoms with Gasteiger partial charge in [-0.3, -0.25) is 0 Å². The maximum atomic E-state index is 12.2. The van der Waals surface area contributed by atoms with Crippen LogP contribution in [-0.2, 0) is 4.74 Å². The predicted molar refractivity (Wildman–Crippen MR) is 81.4 cm³/mol. The largest absolute Gasteiger partial charge is 0.444 e. The molecule has 0 bridgehead atoms. The van der Waals surface area contributed by atoms with Gasteiger partial charge in [-0.2, -0.15) is 0 Å². The minimum atomic E-state index is -0.437. The van der Waals surface area contributed by atoms with Crippen LogP contribution < -0.4 is 0 Å². The number of likely N-dealkylation sites (tertiary alicyclic amines) is 1. The van der Waals surface area contributed by atoms with Crippen molar-refractivity contribution < 1.29 is 9.53 Å². The van der Waals surface area contributed by atoms with Gasteiger partial charge in [0.2, 0.25) is 0 Å². The van der Waals surface area contributed by atoms with E-state index in [0.29, 0.717) is 0 Å². The molecule has 1 atom stereocenters. The summed E-state index contributed by atoms with van der Waals surface area (Å²) in [5.41, 5.74) is 0.719. The molecular weight excluding hydrogens is 250 g/mol. The molecule has 20 heavy (non-hydrogen) atoms. The van der Waals surface area contributed by atoms with Crippen LogP contribution in [0, 0.1) is 0 Å². The van der Waals surface area contributed by atoms with Crippen LogP contribution in [0.25, 0.3) is 6.08 Å². The number of benzene rings is 1. The summed E-state index contributed by atoms with van der Waals surface area (Å²) in [5, 5.41) is 0. The Morgan fingerprint density at radius 3 is 2.65 bits per heavy atom. The molecule has 1 saturated heterocycles. The summed E-state index contributed by atoms with van der Waals surface area (Å²) in [5.74, 6) is 0. The molecule has 1 fully saturated rings. The van der Waals surface area contributed by atoms with Crippen molar-refractivity contribution >= 4 is 12.2 Å². The lowest BCUT2D eigenvalue weighted by Gasteiger charge is -2.27. The van der Waals surface area contributed by atoms with Crippen LogP contribution in [0.1, 0.15) is 39.2 Å². The summed E-state index contributed by atoms with van der Waals surface area (Å²) in [7, 11) is 0. The van der Waals surface area contributed by atoms with Crippen molar-refractivity contribution in [3.63, 3.8) is 0 Å². The number of hydrogen-bond donors (Lipinski definition) is 0. The van der Waals surface area contributed by atoms with Crippen molar-refractivity contribution in [1.82, 2.24) is 4.90 Å². The molecule has 1 aliphatic rings. The molecule has 0 radical (unpaired) electrons. The number of rotatable bonds is 2. The summed E-state index contributed by atoms with van der Waals surface area (Å²) in [6.07, 6.45) is 6.00. The van der Waals surface area contributed by atoms with Gasteiger partial charge < -0.3 is 9.64 Å². The van der Waals surface area contributed by atoms with E-state index in [2.05, 4.69) is 24.3 Å². The third-order valence-electron chi connectivity index (χ3n) is 3.24. The summed E-state index contributed by atoms with van der Waals surface area (Å²) in [4.78, 5) is 14.0. The predicted octanol–water partition coefficient (Wildman–Crippen LogP) is 4.10. The van der Waals surface area contributed by atoms with Crippen LogP contribution in [0.2, 0.25) is 0 Å². The van der Waals surface area contributed by atoms with Crippen LogP contribution in [0.4, 0.5) is 4.79 Å². The first-order valence-corrected chi connectivity index (χ1v) is 7.18. The van der Waals surface area contributed by atoms with Gasteiger partial charge in [-0.25, -0.2) is 4.79 Å². The lowest BCUT2D eigenvalue weighted by atomic mass is 10.1. The third-order valence-corrected chi connectivity index (χ3v) is 3.24. The monoisotopic (exact) mass is 273 g/mol. The van der Waals surface area contributed by atoms with E-state index in [1.807, 2.05) is 43.9 Å². The molecule has 1 amide bonds. The Balaban J connectivity index is 2.01. The Bertz CT molecular complexity index is 474. The van der Waals surface area contributed by atoms with Gasteiger partial charge in [-0.05, 0) is 39.2 Å². The van der Waals surface area contributed by atoms with E-state index in [0.717, 1.165) is 24.9 Å². The molecule has 1 aromatic carbocycles. The van der Waals surface area contributed by atoms with E-state index >= 15 is 0 Å². The number of ether oxygens (including phenoxy) is 1. The molecule has 0 N–H and O–H groups in total. The van der Waals surface area contributed by atoms with Crippen molar-refractivity contribution in [1.29, 1.82) is 0 Å². The molecule has 0 spiro atoms. The normalized spacial score (nSPS) is 19.6. The first-order chi connectivity index (χ1) is 9.46. The second-order valence-corrected chi connectivity index (χ2v) is 6.15. The zero-order valence-corrected chi connectivity index (χ0v) is 12.5. The van der Waals surface area contributed by atoms with Crippen LogP contribution in [0.5, 0.6) is 0 Å². The highest BCUT2D eigenvalue weighted by Crippen LogP contribution is 2.22. The number of carbonyl (C=O) groups is 1. The van der Waals surface area contributed by atoms with Gasteiger partial charge >= 0.3 is 6.09 Å². The second-order valence-electron chi connectivity index (χ2n) is 6.15. The van der Waals surface area contributed by atoms with Crippen LogP contribution in [0.3, 0.4) is 0 Å². The van der Waals surface area contributed by atoms with E-state index < -0.39 is 5.60 Å². The molecule has 3 nitrogen and oxygen atoms in total. The summed E-state index contributed by atoms with van der Waals surface area (Å²) in [6, 6.07) is 10.3. The topological polar surface area (TPSA) is 29.5 Å². The highest BCUT2D eigenvalue weighted by atomic mass is 16.6. The van der Waals surface area contributed by atoms with E-state index in [4.69, 9.17) is 4.74 Å². The van der Waals surface area contributed by atoms with Crippen LogP contribution in [0.15, 0.2) is 36.4 Å². The lowest BCUT2D eigenvalue weighted by molar-refractivity contribution is 0.0256. The molecule has 1 unspecified atom stereocenters. The third kappa shape index (κ3) is 4.12. The Labute approximate surface area is 121 Å². The summed E-state index contributed by atoms with van der Waals surface area (Å²) < 4.78 is 5.46. The average molecular weight is 273 g/mol. The van der Waals surface area contributed by atoms with Gasteiger partial charge in [0.15, 0.2) is 0 Å². The van der Waals surface area contributed by atoms with Gasteiger partial charge in [0, 0.05) is 6.54 Å². The molecule has 2 rings (SSSR count). The minimum absolute atomic E-state index is 0.144. The Kier molecular flexibility index (Phi) is 4.48. The Morgan fingerprint density at radius 1 is 1.30 bits per heavy atom. The van der Waals surface area contributed by atoms with Crippen LogP contribution in [-0.4, -0.2) is 29.2 Å². The zero-order chi connectivity index (χ0) is 14.6. The maximum absolute atomic E-state index is 12.2. The molecule has 0 aliphatic carbocycles. The Morgan fingerprint density at radius 2 is 2.00 bits per heavy atom. The van der Waals surface area contributed by atoms with Crippen LogP contribution >= 0.6 is 0 Å². The van der Waals surface area contributed by atoms with E-state index in [1.54, 1.807) is 0 Å². The molecule has 3 heteroatoms. The van der Waals surface area contributed by atoms with Crippen molar-refractivity contribution in [2.75, 3.05) is 6.54 Å². The molecular formula is C17H23NO2. The Hall–Kier alpha value is -1.77. The van der Waals surface area contributed by atoms with Crippen molar-refractivity contribution in [2.45, 2.75) is 45.3 Å². The van der Waals surface area contributed by atoms with Gasteiger partial charge in [0.25, 0.3) is 0 Å². The first-order valence-electron chi connectivity index (χ1n) is 7.18.